The van der Waals surface area contributed by atoms with E-state index < -0.39 is 17.9 Å². The first kappa shape index (κ1) is 19.3. The van der Waals surface area contributed by atoms with Gasteiger partial charge in [0.15, 0.2) is 11.2 Å². The second-order valence-corrected chi connectivity index (χ2v) is 6.91. The maximum atomic E-state index is 12.5. The van der Waals surface area contributed by atoms with Crippen molar-refractivity contribution in [3.05, 3.63) is 63.3 Å². The molecule has 2 heterocycles. The average molecular weight is 400 g/mol. The molecule has 0 aliphatic heterocycles. The highest BCUT2D eigenvalue weighted by Gasteiger charge is 2.20. The first-order valence-corrected chi connectivity index (χ1v) is 9.17. The van der Waals surface area contributed by atoms with Crippen LogP contribution in [0.5, 0.6) is 0 Å². The van der Waals surface area contributed by atoms with Crippen LogP contribution in [0, 0.1) is 0 Å². The van der Waals surface area contributed by atoms with Gasteiger partial charge in [0.25, 0.3) is 11.8 Å². The SMILES string of the molecule is CC(C)OC(=O)NC(=O)c1ccsc1NC(=O)c1cc(=O)c2ccccc2o1. The maximum absolute atomic E-state index is 12.5. The Balaban J connectivity index is 1.79. The summed E-state index contributed by atoms with van der Waals surface area (Å²) in [4.78, 5) is 48.5. The standard InChI is InChI=1S/C19H16N2O6S/c1-10(2)26-19(25)21-16(23)12-7-8-28-18(12)20-17(24)15-9-13(22)11-5-3-4-6-14(11)27-15/h3-10H,1-2H3,(H,20,24)(H,21,23,25). The van der Waals surface area contributed by atoms with Crippen LogP contribution >= 0.6 is 11.3 Å². The van der Waals surface area contributed by atoms with Crippen LogP contribution in [0.4, 0.5) is 9.80 Å². The largest absolute Gasteiger partial charge is 0.451 e. The molecule has 0 radical (unpaired) electrons. The summed E-state index contributed by atoms with van der Waals surface area (Å²) in [6, 6.07) is 9.10. The van der Waals surface area contributed by atoms with Gasteiger partial charge in [-0.05, 0) is 37.4 Å². The molecule has 0 spiro atoms. The van der Waals surface area contributed by atoms with E-state index in [4.69, 9.17) is 9.15 Å². The fraction of sp³-hybridized carbons (Fsp3) is 0.158. The van der Waals surface area contributed by atoms with E-state index >= 15 is 0 Å². The van der Waals surface area contributed by atoms with Gasteiger partial charge in [-0.15, -0.1) is 11.3 Å². The number of anilines is 1. The van der Waals surface area contributed by atoms with Gasteiger partial charge in [-0.2, -0.15) is 0 Å². The normalized spacial score (nSPS) is 10.7. The fourth-order valence-corrected chi connectivity index (χ4v) is 3.15. The van der Waals surface area contributed by atoms with E-state index in [-0.39, 0.29) is 33.4 Å². The summed E-state index contributed by atoms with van der Waals surface area (Å²) in [5.74, 6) is -1.60. The number of rotatable bonds is 4. The molecule has 0 saturated carbocycles. The van der Waals surface area contributed by atoms with Crippen LogP contribution in [-0.4, -0.2) is 24.0 Å². The van der Waals surface area contributed by atoms with Crippen molar-refractivity contribution in [2.24, 2.45) is 0 Å². The molecule has 3 amide bonds. The van der Waals surface area contributed by atoms with Gasteiger partial charge in [-0.3, -0.25) is 19.7 Å². The summed E-state index contributed by atoms with van der Waals surface area (Å²) in [5.41, 5.74) is 0.00972. The van der Waals surface area contributed by atoms with Gasteiger partial charge >= 0.3 is 6.09 Å². The number of ether oxygens (including phenoxy) is 1. The van der Waals surface area contributed by atoms with Crippen molar-refractivity contribution in [1.29, 1.82) is 0 Å². The highest BCUT2D eigenvalue weighted by molar-refractivity contribution is 7.14. The van der Waals surface area contributed by atoms with E-state index in [9.17, 15) is 19.2 Å². The third-order valence-corrected chi connectivity index (χ3v) is 4.38. The van der Waals surface area contributed by atoms with Gasteiger partial charge in [-0.1, -0.05) is 12.1 Å². The summed E-state index contributed by atoms with van der Waals surface area (Å²) in [6.07, 6.45) is -1.27. The number of amides is 3. The van der Waals surface area contributed by atoms with Crippen molar-refractivity contribution >= 4 is 45.2 Å². The number of para-hydroxylation sites is 1. The first-order chi connectivity index (χ1) is 13.3. The van der Waals surface area contributed by atoms with E-state index in [0.29, 0.717) is 5.39 Å². The molecule has 9 heteroatoms. The molecule has 0 atom stereocenters. The van der Waals surface area contributed by atoms with Crippen LogP contribution in [0.2, 0.25) is 0 Å². The lowest BCUT2D eigenvalue weighted by molar-refractivity contribution is 0.0877. The van der Waals surface area contributed by atoms with Crippen molar-refractivity contribution in [2.45, 2.75) is 20.0 Å². The molecule has 0 bridgehead atoms. The number of carbonyl (C=O) groups excluding carboxylic acids is 3. The molecule has 8 nitrogen and oxygen atoms in total. The number of thiophene rings is 1. The minimum Gasteiger partial charge on any atom is -0.451 e. The van der Waals surface area contributed by atoms with E-state index in [1.165, 1.54) is 6.07 Å². The summed E-state index contributed by atoms with van der Waals surface area (Å²) in [7, 11) is 0. The molecule has 0 aliphatic rings. The number of hydrogen-bond acceptors (Lipinski definition) is 7. The minimum atomic E-state index is -0.885. The third-order valence-electron chi connectivity index (χ3n) is 3.55. The van der Waals surface area contributed by atoms with Crippen molar-refractivity contribution in [3.8, 4) is 0 Å². The molecule has 0 fully saturated rings. The smallest absolute Gasteiger partial charge is 0.414 e. The van der Waals surface area contributed by atoms with Crippen molar-refractivity contribution in [3.63, 3.8) is 0 Å². The van der Waals surface area contributed by atoms with Gasteiger partial charge in [0.1, 0.15) is 10.6 Å². The van der Waals surface area contributed by atoms with E-state index in [0.717, 1.165) is 17.4 Å². The highest BCUT2D eigenvalue weighted by Crippen LogP contribution is 2.24. The second kappa shape index (κ2) is 8.05. The van der Waals surface area contributed by atoms with Crippen molar-refractivity contribution in [2.75, 3.05) is 5.32 Å². The number of nitrogens with one attached hydrogen (secondary N) is 2. The van der Waals surface area contributed by atoms with Crippen LogP contribution in [0.25, 0.3) is 11.0 Å². The van der Waals surface area contributed by atoms with E-state index in [1.54, 1.807) is 43.5 Å². The summed E-state index contributed by atoms with van der Waals surface area (Å²) >= 11 is 1.08. The molecule has 2 aromatic heterocycles. The van der Waals surface area contributed by atoms with Gasteiger partial charge in [0.05, 0.1) is 17.1 Å². The summed E-state index contributed by atoms with van der Waals surface area (Å²) < 4.78 is 10.3. The molecule has 2 N–H and O–H groups in total. The molecule has 0 aliphatic carbocycles. The van der Waals surface area contributed by atoms with Gasteiger partial charge in [-0.25, -0.2) is 4.79 Å². The summed E-state index contributed by atoms with van der Waals surface area (Å²) in [6.45, 7) is 3.30. The minimum absolute atomic E-state index is 0.0854. The van der Waals surface area contributed by atoms with Gasteiger partial charge < -0.3 is 14.5 Å². The lowest BCUT2D eigenvalue weighted by Crippen LogP contribution is -2.33. The van der Waals surface area contributed by atoms with Crippen LogP contribution in [0.3, 0.4) is 0 Å². The van der Waals surface area contributed by atoms with Crippen LogP contribution in [-0.2, 0) is 4.74 Å². The maximum Gasteiger partial charge on any atom is 0.414 e. The first-order valence-electron chi connectivity index (χ1n) is 8.29. The second-order valence-electron chi connectivity index (χ2n) is 6.00. The summed E-state index contributed by atoms with van der Waals surface area (Å²) in [5, 5.41) is 6.75. The topological polar surface area (TPSA) is 115 Å². The Morgan fingerprint density at radius 1 is 1.11 bits per heavy atom. The number of imide groups is 1. The molecule has 0 unspecified atom stereocenters. The highest BCUT2D eigenvalue weighted by atomic mass is 32.1. The Bertz CT molecular complexity index is 1110. The lowest BCUT2D eigenvalue weighted by atomic mass is 10.2. The molecule has 1 aromatic carbocycles. The molecule has 3 aromatic rings. The number of benzene rings is 1. The predicted molar refractivity (Wildman–Crippen MR) is 104 cm³/mol. The van der Waals surface area contributed by atoms with Crippen LogP contribution < -0.4 is 16.1 Å². The molecular formula is C19H16N2O6S. The predicted octanol–water partition coefficient (Wildman–Crippen LogP) is 3.38. The number of fused-ring (bicyclic) bond motifs is 1. The van der Waals surface area contributed by atoms with Crippen LogP contribution in [0.15, 0.2) is 51.0 Å². The Kier molecular flexibility index (Phi) is 5.55. The Labute approximate surface area is 163 Å². The monoisotopic (exact) mass is 400 g/mol. The van der Waals surface area contributed by atoms with Crippen LogP contribution in [0.1, 0.15) is 34.8 Å². The average Bonchev–Trinajstić information content (AvgIpc) is 3.09. The zero-order valence-corrected chi connectivity index (χ0v) is 15.8. The number of alkyl carbamates (subject to hydrolysis) is 1. The molecule has 0 saturated heterocycles. The fourth-order valence-electron chi connectivity index (χ4n) is 2.37. The van der Waals surface area contributed by atoms with E-state index in [2.05, 4.69) is 10.6 Å². The van der Waals surface area contributed by atoms with Gasteiger partial charge in [0.2, 0.25) is 0 Å². The Hall–Kier alpha value is -3.46. The van der Waals surface area contributed by atoms with Gasteiger partial charge in [0, 0.05) is 6.07 Å². The molecule has 28 heavy (non-hydrogen) atoms. The number of carbonyl (C=O) groups is 3. The number of hydrogen-bond donors (Lipinski definition) is 2. The quantitative estimate of drug-likeness (QED) is 0.694. The lowest BCUT2D eigenvalue weighted by Gasteiger charge is -2.09. The molecule has 144 valence electrons. The Morgan fingerprint density at radius 3 is 2.61 bits per heavy atom. The van der Waals surface area contributed by atoms with Crippen molar-refractivity contribution < 1.29 is 23.5 Å². The Morgan fingerprint density at radius 2 is 1.86 bits per heavy atom. The zero-order valence-electron chi connectivity index (χ0n) is 15.0. The van der Waals surface area contributed by atoms with Crippen molar-refractivity contribution in [1.82, 2.24) is 5.32 Å². The molecule has 3 rings (SSSR count). The zero-order chi connectivity index (χ0) is 20.3. The molecular weight excluding hydrogens is 384 g/mol. The van der Waals surface area contributed by atoms with E-state index in [1.807, 2.05) is 0 Å². The third kappa shape index (κ3) is 4.26.